The molecule has 0 radical (unpaired) electrons. The largest absolute Gasteiger partial charge is 0.380 e. The second-order valence-electron chi connectivity index (χ2n) is 2.36. The van der Waals surface area contributed by atoms with Crippen molar-refractivity contribution in [2.24, 2.45) is 0 Å². The van der Waals surface area contributed by atoms with Crippen LogP contribution in [0.25, 0.3) is 0 Å². The van der Waals surface area contributed by atoms with Gasteiger partial charge in [-0.3, -0.25) is 0 Å². The first-order valence-electron chi connectivity index (χ1n) is 3.67. The first-order chi connectivity index (χ1) is 4.81. The lowest BCUT2D eigenvalue weighted by molar-refractivity contribution is 0.224. The van der Waals surface area contributed by atoms with Gasteiger partial charge in [0.2, 0.25) is 0 Å². The van der Waals surface area contributed by atoms with Gasteiger partial charge >= 0.3 is 0 Å². The van der Waals surface area contributed by atoms with E-state index in [4.69, 9.17) is 4.74 Å². The van der Waals surface area contributed by atoms with Crippen molar-refractivity contribution in [3.05, 3.63) is 12.2 Å². The molecule has 10 heavy (non-hydrogen) atoms. The predicted octanol–water partition coefficient (Wildman–Crippen LogP) is 1.19. The van der Waals surface area contributed by atoms with Gasteiger partial charge in [-0.1, -0.05) is 13.5 Å². The van der Waals surface area contributed by atoms with Crippen molar-refractivity contribution in [1.29, 1.82) is 0 Å². The molecule has 0 aromatic rings. The van der Waals surface area contributed by atoms with E-state index in [0.29, 0.717) is 6.61 Å². The number of ether oxygens (including phenoxy) is 1. The minimum absolute atomic E-state index is 0.663. The Balaban J connectivity index is 3.05. The van der Waals surface area contributed by atoms with E-state index in [1.807, 2.05) is 0 Å². The highest BCUT2D eigenvalue weighted by molar-refractivity contribution is 4.96. The fourth-order valence-corrected chi connectivity index (χ4v) is 0.697. The van der Waals surface area contributed by atoms with Crippen molar-refractivity contribution in [2.45, 2.75) is 13.3 Å². The molecule has 0 aliphatic rings. The molecule has 0 bridgehead atoms. The highest BCUT2D eigenvalue weighted by Crippen LogP contribution is 1.86. The van der Waals surface area contributed by atoms with Gasteiger partial charge in [0, 0.05) is 13.7 Å². The Kier molecular flexibility index (Phi) is 6.55. The second kappa shape index (κ2) is 6.78. The fraction of sp³-hybridized carbons (Fsp3) is 0.750. The molecule has 0 aliphatic carbocycles. The van der Waals surface area contributed by atoms with Crippen molar-refractivity contribution in [1.82, 2.24) is 5.32 Å². The average Bonchev–Trinajstić information content (AvgIpc) is 1.89. The quantitative estimate of drug-likeness (QED) is 0.445. The fourth-order valence-electron chi connectivity index (χ4n) is 0.697. The molecule has 60 valence electrons. The van der Waals surface area contributed by atoms with Crippen molar-refractivity contribution >= 4 is 0 Å². The van der Waals surface area contributed by atoms with Crippen LogP contribution in [0.1, 0.15) is 13.3 Å². The van der Waals surface area contributed by atoms with Crippen molar-refractivity contribution in [3.63, 3.8) is 0 Å². The molecule has 0 unspecified atom stereocenters. The van der Waals surface area contributed by atoms with Crippen LogP contribution in [0.5, 0.6) is 0 Å². The summed E-state index contributed by atoms with van der Waals surface area (Å²) in [6.07, 6.45) is 1.17. The first-order valence-corrected chi connectivity index (χ1v) is 3.67. The Bertz CT molecular complexity index is 91.3. The molecule has 0 rings (SSSR count). The predicted molar refractivity (Wildman–Crippen MR) is 44.2 cm³/mol. The maximum atomic E-state index is 4.89. The third-order valence-electron chi connectivity index (χ3n) is 1.15. The molecule has 0 aromatic heterocycles. The summed E-state index contributed by atoms with van der Waals surface area (Å²) in [6.45, 7) is 8.57. The third kappa shape index (κ3) is 5.79. The Morgan fingerprint density at radius 1 is 1.60 bits per heavy atom. The van der Waals surface area contributed by atoms with Gasteiger partial charge < -0.3 is 10.1 Å². The maximum Gasteiger partial charge on any atom is 0.0682 e. The number of nitrogens with one attached hydrogen (secondary N) is 1. The third-order valence-corrected chi connectivity index (χ3v) is 1.15. The number of hydrogen-bond acceptors (Lipinski definition) is 2. The van der Waals surface area contributed by atoms with E-state index in [2.05, 4.69) is 18.8 Å². The summed E-state index contributed by atoms with van der Waals surface area (Å²) in [5.41, 5.74) is 1.11. The summed E-state index contributed by atoms with van der Waals surface area (Å²) < 4.78 is 4.89. The number of hydrogen-bond donors (Lipinski definition) is 1. The minimum atomic E-state index is 0.663. The van der Waals surface area contributed by atoms with E-state index in [1.54, 1.807) is 7.11 Å². The van der Waals surface area contributed by atoms with Crippen LogP contribution >= 0.6 is 0 Å². The van der Waals surface area contributed by atoms with Crippen LogP contribution in [0.2, 0.25) is 0 Å². The van der Waals surface area contributed by atoms with Gasteiger partial charge in [0.1, 0.15) is 0 Å². The Labute approximate surface area is 63.3 Å². The lowest BCUT2D eigenvalue weighted by Gasteiger charge is -2.04. The van der Waals surface area contributed by atoms with E-state index in [9.17, 15) is 0 Å². The number of methoxy groups -OCH3 is 1. The smallest absolute Gasteiger partial charge is 0.0682 e. The molecule has 0 saturated carbocycles. The van der Waals surface area contributed by atoms with E-state index < -0.39 is 0 Å². The van der Waals surface area contributed by atoms with E-state index in [-0.39, 0.29) is 0 Å². The Hall–Kier alpha value is -0.340. The molecule has 0 aromatic carbocycles. The van der Waals surface area contributed by atoms with Crippen molar-refractivity contribution < 1.29 is 4.74 Å². The zero-order valence-corrected chi connectivity index (χ0v) is 6.94. The van der Waals surface area contributed by atoms with Crippen molar-refractivity contribution in [3.8, 4) is 0 Å². The zero-order valence-electron chi connectivity index (χ0n) is 6.94. The van der Waals surface area contributed by atoms with Crippen LogP contribution in [-0.2, 0) is 4.74 Å². The molecule has 2 nitrogen and oxygen atoms in total. The van der Waals surface area contributed by atoms with Crippen LogP contribution in [0, 0.1) is 0 Å². The molecule has 0 amide bonds. The highest BCUT2D eigenvalue weighted by atomic mass is 16.5. The summed E-state index contributed by atoms with van der Waals surface area (Å²) in [7, 11) is 1.69. The summed E-state index contributed by atoms with van der Waals surface area (Å²) in [5.74, 6) is 0. The summed E-state index contributed by atoms with van der Waals surface area (Å²) in [4.78, 5) is 0. The molecule has 0 heterocycles. The summed E-state index contributed by atoms with van der Waals surface area (Å²) >= 11 is 0. The summed E-state index contributed by atoms with van der Waals surface area (Å²) in [6, 6.07) is 0. The van der Waals surface area contributed by atoms with Gasteiger partial charge in [0.25, 0.3) is 0 Å². The second-order valence-corrected chi connectivity index (χ2v) is 2.36. The Morgan fingerprint density at radius 2 is 2.30 bits per heavy atom. The molecular weight excluding hydrogens is 126 g/mol. The molecule has 2 heteroatoms. The van der Waals surface area contributed by atoms with Crippen LogP contribution in [0.4, 0.5) is 0 Å². The molecular formula is C8H17NO. The maximum absolute atomic E-state index is 4.89. The molecule has 0 aliphatic heterocycles. The summed E-state index contributed by atoms with van der Waals surface area (Å²) in [5, 5.41) is 3.24. The van der Waals surface area contributed by atoms with Gasteiger partial charge in [0.15, 0.2) is 0 Å². The Morgan fingerprint density at radius 3 is 2.80 bits per heavy atom. The van der Waals surface area contributed by atoms with Crippen LogP contribution in [0.15, 0.2) is 12.2 Å². The molecule has 0 spiro atoms. The van der Waals surface area contributed by atoms with E-state index >= 15 is 0 Å². The van der Waals surface area contributed by atoms with E-state index in [0.717, 1.165) is 18.7 Å². The topological polar surface area (TPSA) is 21.3 Å². The lowest BCUT2D eigenvalue weighted by Crippen LogP contribution is -2.19. The van der Waals surface area contributed by atoms with Gasteiger partial charge in [-0.05, 0) is 18.5 Å². The van der Waals surface area contributed by atoms with Crippen LogP contribution < -0.4 is 5.32 Å². The zero-order chi connectivity index (χ0) is 7.82. The van der Waals surface area contributed by atoms with E-state index in [1.165, 1.54) is 6.42 Å². The normalized spacial score (nSPS) is 9.80. The van der Waals surface area contributed by atoms with Crippen LogP contribution in [-0.4, -0.2) is 26.8 Å². The standard InChI is InChI=1S/C8H17NO/c1-4-5-9-6-8(2)7-10-3/h9H,2,4-7H2,1,3H3. The highest BCUT2D eigenvalue weighted by Gasteiger charge is 1.90. The first kappa shape index (κ1) is 9.66. The molecule has 0 atom stereocenters. The van der Waals surface area contributed by atoms with Crippen molar-refractivity contribution in [2.75, 3.05) is 26.8 Å². The SMILES string of the molecule is C=C(CNCCC)COC. The van der Waals surface area contributed by atoms with Gasteiger partial charge in [0.05, 0.1) is 6.61 Å². The minimum Gasteiger partial charge on any atom is -0.380 e. The molecule has 0 saturated heterocycles. The van der Waals surface area contributed by atoms with Gasteiger partial charge in [-0.15, -0.1) is 0 Å². The van der Waals surface area contributed by atoms with Gasteiger partial charge in [-0.2, -0.15) is 0 Å². The van der Waals surface area contributed by atoms with Crippen LogP contribution in [0.3, 0.4) is 0 Å². The monoisotopic (exact) mass is 143 g/mol. The number of rotatable bonds is 6. The molecule has 1 N–H and O–H groups in total. The molecule has 0 fully saturated rings. The average molecular weight is 143 g/mol. The lowest BCUT2D eigenvalue weighted by atomic mass is 10.3. The van der Waals surface area contributed by atoms with Gasteiger partial charge in [-0.25, -0.2) is 0 Å².